The Bertz CT molecular complexity index is 898. The number of hydrogen-bond donors (Lipinski definition) is 2. The number of nitrogens with one attached hydrogen (secondary N) is 2. The molecule has 0 saturated carbocycles. The minimum atomic E-state index is -0.389. The Labute approximate surface area is 157 Å². The highest BCUT2D eigenvalue weighted by Gasteiger charge is 2.09. The Morgan fingerprint density at radius 3 is 2.65 bits per heavy atom. The number of carbonyl (C=O) groups is 1. The lowest BCUT2D eigenvalue weighted by Gasteiger charge is -2.12. The van der Waals surface area contributed by atoms with E-state index in [0.717, 1.165) is 11.1 Å². The number of hydrogen-bond acceptors (Lipinski definition) is 3. The van der Waals surface area contributed by atoms with Crippen molar-refractivity contribution in [3.63, 3.8) is 0 Å². The number of amides is 2. The summed E-state index contributed by atoms with van der Waals surface area (Å²) in [5.41, 5.74) is 2.75. The van der Waals surface area contributed by atoms with Crippen LogP contribution in [0.2, 0.25) is 5.02 Å². The third-order valence-corrected chi connectivity index (χ3v) is 3.83. The summed E-state index contributed by atoms with van der Waals surface area (Å²) < 4.78 is 5.78. The fourth-order valence-corrected chi connectivity index (χ4v) is 2.51. The van der Waals surface area contributed by atoms with E-state index in [9.17, 15) is 4.79 Å². The topological polar surface area (TPSA) is 63.2 Å². The lowest BCUT2D eigenvalue weighted by atomic mass is 10.2. The van der Waals surface area contributed by atoms with Crippen LogP contribution in [0, 0.1) is 6.92 Å². The number of pyridine rings is 1. The van der Waals surface area contributed by atoms with Gasteiger partial charge in [0.05, 0.1) is 0 Å². The van der Waals surface area contributed by atoms with Crippen LogP contribution >= 0.6 is 11.6 Å². The van der Waals surface area contributed by atoms with Gasteiger partial charge in [0.1, 0.15) is 6.61 Å². The molecule has 6 heteroatoms. The number of aryl methyl sites for hydroxylation is 1. The van der Waals surface area contributed by atoms with Gasteiger partial charge in [-0.05, 0) is 48.9 Å². The first kappa shape index (κ1) is 17.8. The van der Waals surface area contributed by atoms with E-state index in [1.807, 2.05) is 49.4 Å². The van der Waals surface area contributed by atoms with E-state index in [4.69, 9.17) is 16.3 Å². The van der Waals surface area contributed by atoms with Gasteiger partial charge >= 0.3 is 6.03 Å². The number of aromatic nitrogens is 1. The van der Waals surface area contributed by atoms with Crippen molar-refractivity contribution in [1.82, 2.24) is 4.98 Å². The van der Waals surface area contributed by atoms with Crippen LogP contribution in [0.15, 0.2) is 66.9 Å². The summed E-state index contributed by atoms with van der Waals surface area (Å²) in [6.07, 6.45) is 1.59. The summed E-state index contributed by atoms with van der Waals surface area (Å²) in [6.45, 7) is 2.31. The summed E-state index contributed by atoms with van der Waals surface area (Å²) in [5, 5.41) is 6.12. The number of urea groups is 1. The molecule has 26 heavy (non-hydrogen) atoms. The molecular weight excluding hydrogens is 350 g/mol. The summed E-state index contributed by atoms with van der Waals surface area (Å²) in [7, 11) is 0. The van der Waals surface area contributed by atoms with Crippen LogP contribution in [0.4, 0.5) is 16.3 Å². The Kier molecular flexibility index (Phi) is 5.71. The van der Waals surface area contributed by atoms with Crippen LogP contribution in [0.5, 0.6) is 5.75 Å². The number of anilines is 2. The molecule has 0 unspecified atom stereocenters. The number of ether oxygens (including phenoxy) is 1. The predicted molar refractivity (Wildman–Crippen MR) is 104 cm³/mol. The van der Waals surface area contributed by atoms with Crippen molar-refractivity contribution in [2.45, 2.75) is 13.5 Å². The first-order valence-electron chi connectivity index (χ1n) is 8.07. The maximum absolute atomic E-state index is 12.2. The standard InChI is InChI=1S/C20H18ClN3O2/c1-14-7-9-17(10-8-14)23-20(25)24-19-18(6-3-11-22-19)26-13-15-4-2-5-16(21)12-15/h2-12H,13H2,1H3,(H2,22,23,24,25). The molecule has 0 fully saturated rings. The zero-order chi connectivity index (χ0) is 18.4. The van der Waals surface area contributed by atoms with Crippen molar-refractivity contribution in [1.29, 1.82) is 0 Å². The van der Waals surface area contributed by atoms with E-state index in [1.165, 1.54) is 0 Å². The molecule has 0 atom stereocenters. The van der Waals surface area contributed by atoms with Gasteiger partial charge in [-0.25, -0.2) is 9.78 Å². The largest absolute Gasteiger partial charge is 0.485 e. The van der Waals surface area contributed by atoms with Gasteiger partial charge in [-0.15, -0.1) is 0 Å². The highest BCUT2D eigenvalue weighted by Crippen LogP contribution is 2.23. The molecule has 2 aromatic carbocycles. The molecule has 3 aromatic rings. The van der Waals surface area contributed by atoms with E-state index >= 15 is 0 Å². The second-order valence-electron chi connectivity index (χ2n) is 5.71. The van der Waals surface area contributed by atoms with Crippen LogP contribution in [0.3, 0.4) is 0 Å². The summed E-state index contributed by atoms with van der Waals surface area (Å²) in [6, 6.07) is 18.0. The minimum Gasteiger partial charge on any atom is -0.485 e. The quantitative estimate of drug-likeness (QED) is 0.646. The van der Waals surface area contributed by atoms with Gasteiger partial charge < -0.3 is 10.1 Å². The zero-order valence-corrected chi connectivity index (χ0v) is 15.0. The maximum Gasteiger partial charge on any atom is 0.324 e. The average molecular weight is 368 g/mol. The molecule has 132 valence electrons. The second-order valence-corrected chi connectivity index (χ2v) is 6.15. The highest BCUT2D eigenvalue weighted by atomic mass is 35.5. The van der Waals surface area contributed by atoms with Crippen molar-refractivity contribution < 1.29 is 9.53 Å². The van der Waals surface area contributed by atoms with E-state index in [0.29, 0.717) is 28.9 Å². The summed E-state index contributed by atoms with van der Waals surface area (Å²) >= 11 is 5.98. The van der Waals surface area contributed by atoms with Gasteiger partial charge in [0.25, 0.3) is 0 Å². The van der Waals surface area contributed by atoms with Gasteiger partial charge in [-0.3, -0.25) is 5.32 Å². The van der Waals surface area contributed by atoms with Crippen LogP contribution in [-0.4, -0.2) is 11.0 Å². The molecule has 0 spiro atoms. The molecule has 0 saturated heterocycles. The lowest BCUT2D eigenvalue weighted by Crippen LogP contribution is -2.20. The number of carbonyl (C=O) groups excluding carboxylic acids is 1. The summed E-state index contributed by atoms with van der Waals surface area (Å²) in [4.78, 5) is 16.4. The van der Waals surface area contributed by atoms with Gasteiger partial charge in [-0.2, -0.15) is 0 Å². The van der Waals surface area contributed by atoms with Crippen LogP contribution in [-0.2, 0) is 6.61 Å². The Morgan fingerprint density at radius 1 is 1.08 bits per heavy atom. The minimum absolute atomic E-state index is 0.320. The van der Waals surface area contributed by atoms with Gasteiger partial charge in [0.2, 0.25) is 0 Å². The van der Waals surface area contributed by atoms with Crippen molar-refractivity contribution in [2.24, 2.45) is 0 Å². The molecule has 0 aliphatic heterocycles. The van der Waals surface area contributed by atoms with Crippen molar-refractivity contribution in [3.8, 4) is 5.75 Å². The number of benzene rings is 2. The molecule has 2 N–H and O–H groups in total. The fraction of sp³-hybridized carbons (Fsp3) is 0.100. The van der Waals surface area contributed by atoms with Crippen molar-refractivity contribution in [2.75, 3.05) is 10.6 Å². The summed E-state index contributed by atoms with van der Waals surface area (Å²) in [5.74, 6) is 0.825. The Morgan fingerprint density at radius 2 is 1.88 bits per heavy atom. The molecule has 0 bridgehead atoms. The second kappa shape index (κ2) is 8.36. The van der Waals surface area contributed by atoms with Crippen molar-refractivity contribution >= 4 is 29.1 Å². The molecule has 0 aliphatic carbocycles. The monoisotopic (exact) mass is 367 g/mol. The van der Waals surface area contributed by atoms with E-state index in [-0.39, 0.29) is 6.03 Å². The van der Waals surface area contributed by atoms with E-state index < -0.39 is 0 Å². The molecule has 0 aliphatic rings. The Balaban J connectivity index is 1.64. The third-order valence-electron chi connectivity index (χ3n) is 3.60. The van der Waals surface area contributed by atoms with Crippen LogP contribution < -0.4 is 15.4 Å². The maximum atomic E-state index is 12.2. The number of halogens is 1. The van der Waals surface area contributed by atoms with Gasteiger partial charge in [-0.1, -0.05) is 41.4 Å². The number of nitrogens with zero attached hydrogens (tertiary/aromatic N) is 1. The first-order chi connectivity index (χ1) is 12.6. The first-order valence-corrected chi connectivity index (χ1v) is 8.45. The molecule has 1 heterocycles. The number of rotatable bonds is 5. The molecule has 5 nitrogen and oxygen atoms in total. The molecule has 1 aromatic heterocycles. The lowest BCUT2D eigenvalue weighted by molar-refractivity contribution is 0.261. The van der Waals surface area contributed by atoms with Gasteiger partial charge in [0.15, 0.2) is 11.6 Å². The normalized spacial score (nSPS) is 10.2. The molecular formula is C20H18ClN3O2. The van der Waals surface area contributed by atoms with Crippen molar-refractivity contribution in [3.05, 3.63) is 83.0 Å². The zero-order valence-electron chi connectivity index (χ0n) is 14.2. The fourth-order valence-electron chi connectivity index (χ4n) is 2.30. The predicted octanol–water partition coefficient (Wildman–Crippen LogP) is 5.27. The molecule has 3 rings (SSSR count). The SMILES string of the molecule is Cc1ccc(NC(=O)Nc2ncccc2OCc2cccc(Cl)c2)cc1. The average Bonchev–Trinajstić information content (AvgIpc) is 2.63. The molecule has 2 amide bonds. The van der Waals surface area contributed by atoms with E-state index in [1.54, 1.807) is 24.4 Å². The highest BCUT2D eigenvalue weighted by molar-refractivity contribution is 6.30. The Hall–Kier alpha value is -3.05. The van der Waals surface area contributed by atoms with Crippen LogP contribution in [0.25, 0.3) is 0 Å². The van der Waals surface area contributed by atoms with E-state index in [2.05, 4.69) is 15.6 Å². The van der Waals surface area contributed by atoms with Gasteiger partial charge in [0, 0.05) is 16.9 Å². The van der Waals surface area contributed by atoms with Crippen LogP contribution in [0.1, 0.15) is 11.1 Å². The third kappa shape index (κ3) is 4.97. The smallest absolute Gasteiger partial charge is 0.324 e. The molecule has 0 radical (unpaired) electrons.